The maximum atomic E-state index is 12.7. The molecule has 0 spiro atoms. The van der Waals surface area contributed by atoms with Crippen LogP contribution in [-0.2, 0) is 27.2 Å². The van der Waals surface area contributed by atoms with Gasteiger partial charge < -0.3 is 14.1 Å². The highest BCUT2D eigenvalue weighted by Gasteiger charge is 2.23. The molecule has 30 heavy (non-hydrogen) atoms. The van der Waals surface area contributed by atoms with Crippen molar-refractivity contribution in [3.05, 3.63) is 78.1 Å². The van der Waals surface area contributed by atoms with Crippen molar-refractivity contribution in [2.24, 2.45) is 0 Å². The fraction of sp³-hybridized carbons (Fsp3) is 0.200. The smallest absolute Gasteiger partial charge is 0.310 e. The van der Waals surface area contributed by atoms with E-state index in [1.807, 2.05) is 60.7 Å². The first kappa shape index (κ1) is 18.4. The van der Waals surface area contributed by atoms with Crippen LogP contribution >= 0.6 is 0 Å². The van der Waals surface area contributed by atoms with Gasteiger partial charge in [-0.3, -0.25) is 9.59 Å². The summed E-state index contributed by atoms with van der Waals surface area (Å²) < 4.78 is 11.0. The topological polar surface area (TPSA) is 59.8 Å². The lowest BCUT2D eigenvalue weighted by atomic mass is 10.0. The van der Waals surface area contributed by atoms with Gasteiger partial charge in [0, 0.05) is 23.2 Å². The van der Waals surface area contributed by atoms with Crippen LogP contribution < -0.4 is 4.90 Å². The molecule has 5 heteroatoms. The maximum absolute atomic E-state index is 12.7. The Morgan fingerprint density at radius 1 is 1.00 bits per heavy atom. The van der Waals surface area contributed by atoms with Crippen molar-refractivity contribution in [1.82, 2.24) is 0 Å². The van der Waals surface area contributed by atoms with Crippen LogP contribution in [0.5, 0.6) is 0 Å². The van der Waals surface area contributed by atoms with Gasteiger partial charge in [0.05, 0.1) is 12.7 Å². The molecule has 1 aliphatic heterocycles. The molecule has 4 aromatic rings. The van der Waals surface area contributed by atoms with Crippen molar-refractivity contribution in [3.63, 3.8) is 0 Å². The molecule has 0 bridgehead atoms. The van der Waals surface area contributed by atoms with Gasteiger partial charge in [0.25, 0.3) is 5.91 Å². The van der Waals surface area contributed by atoms with Crippen LogP contribution in [0.25, 0.3) is 21.7 Å². The van der Waals surface area contributed by atoms with Gasteiger partial charge in [-0.05, 0) is 41.3 Å². The van der Waals surface area contributed by atoms with Crippen molar-refractivity contribution in [1.29, 1.82) is 0 Å². The highest BCUT2D eigenvalue weighted by atomic mass is 16.5. The van der Waals surface area contributed by atoms with Crippen molar-refractivity contribution in [3.8, 4) is 0 Å². The van der Waals surface area contributed by atoms with Gasteiger partial charge in [0.1, 0.15) is 5.58 Å². The number of nitrogens with zero attached hydrogens (tertiary/aromatic N) is 1. The number of rotatable bonds is 4. The van der Waals surface area contributed by atoms with Gasteiger partial charge in [-0.1, -0.05) is 48.5 Å². The largest absolute Gasteiger partial charge is 0.464 e. The van der Waals surface area contributed by atoms with E-state index < -0.39 is 5.97 Å². The highest BCUT2D eigenvalue weighted by molar-refractivity contribution is 6.08. The zero-order chi connectivity index (χ0) is 20.5. The molecule has 5 nitrogen and oxygen atoms in total. The molecule has 0 atom stereocenters. The Labute approximate surface area is 173 Å². The number of para-hydroxylation sites is 1. The van der Waals surface area contributed by atoms with Crippen molar-refractivity contribution >= 4 is 39.3 Å². The Morgan fingerprint density at radius 3 is 2.77 bits per heavy atom. The van der Waals surface area contributed by atoms with Crippen LogP contribution in [0.2, 0.25) is 0 Å². The first-order chi connectivity index (χ1) is 14.7. The molecule has 1 aliphatic rings. The first-order valence-corrected chi connectivity index (χ1v) is 10.1. The SMILES string of the molecule is O=C(Cc1coc2ccc3ccccc3c12)OCC(=O)N1CCCc2ccccc21. The maximum Gasteiger partial charge on any atom is 0.310 e. The number of esters is 1. The third-order valence-electron chi connectivity index (χ3n) is 5.64. The Hall–Kier alpha value is -3.60. The normalized spacial score (nSPS) is 13.4. The van der Waals surface area contributed by atoms with Gasteiger partial charge in [-0.2, -0.15) is 0 Å². The number of anilines is 1. The van der Waals surface area contributed by atoms with E-state index in [4.69, 9.17) is 9.15 Å². The average Bonchev–Trinajstić information content (AvgIpc) is 3.20. The zero-order valence-corrected chi connectivity index (χ0v) is 16.5. The summed E-state index contributed by atoms with van der Waals surface area (Å²) in [7, 11) is 0. The van der Waals surface area contributed by atoms with Gasteiger partial charge in [-0.25, -0.2) is 0 Å². The second kappa shape index (κ2) is 7.67. The highest BCUT2D eigenvalue weighted by Crippen LogP contribution is 2.30. The fourth-order valence-corrected chi connectivity index (χ4v) is 4.22. The van der Waals surface area contributed by atoms with E-state index >= 15 is 0 Å². The zero-order valence-electron chi connectivity index (χ0n) is 16.5. The van der Waals surface area contributed by atoms with E-state index in [1.54, 1.807) is 11.2 Å². The molecule has 0 fully saturated rings. The molecule has 2 heterocycles. The van der Waals surface area contributed by atoms with Crippen LogP contribution in [0.3, 0.4) is 0 Å². The third-order valence-corrected chi connectivity index (χ3v) is 5.64. The lowest BCUT2D eigenvalue weighted by Crippen LogP contribution is -2.38. The van der Waals surface area contributed by atoms with Crippen LogP contribution in [0.1, 0.15) is 17.5 Å². The number of hydrogen-bond acceptors (Lipinski definition) is 4. The molecule has 5 rings (SSSR count). The number of fused-ring (bicyclic) bond motifs is 4. The van der Waals surface area contributed by atoms with Gasteiger partial charge in [0.15, 0.2) is 6.61 Å². The standard InChI is InChI=1S/C25H21NO4/c27-23(26-13-5-8-18-7-2-4-10-21(18)26)16-30-24(28)14-19-15-29-22-12-11-17-6-1-3-9-20(17)25(19)22/h1-4,6-7,9-12,15H,5,8,13-14,16H2. The third kappa shape index (κ3) is 3.32. The van der Waals surface area contributed by atoms with E-state index in [0.717, 1.165) is 51.4 Å². The molecule has 150 valence electrons. The molecule has 1 amide bonds. The number of carbonyl (C=O) groups is 2. The number of hydrogen-bond donors (Lipinski definition) is 0. The van der Waals surface area contributed by atoms with Crippen LogP contribution in [0, 0.1) is 0 Å². The van der Waals surface area contributed by atoms with Crippen LogP contribution in [0.4, 0.5) is 5.69 Å². The van der Waals surface area contributed by atoms with Crippen LogP contribution in [-0.4, -0.2) is 25.0 Å². The lowest BCUT2D eigenvalue weighted by molar-refractivity contribution is -0.147. The van der Waals surface area contributed by atoms with Gasteiger partial charge >= 0.3 is 5.97 Å². The van der Waals surface area contributed by atoms with Gasteiger partial charge in [0.2, 0.25) is 0 Å². The molecule has 0 N–H and O–H groups in total. The van der Waals surface area contributed by atoms with E-state index in [1.165, 1.54) is 0 Å². The molecular weight excluding hydrogens is 378 g/mol. The van der Waals surface area contributed by atoms with Crippen LogP contribution in [0.15, 0.2) is 71.3 Å². The first-order valence-electron chi connectivity index (χ1n) is 10.1. The van der Waals surface area contributed by atoms with Crippen molar-refractivity contribution < 1.29 is 18.7 Å². The molecule has 0 aliphatic carbocycles. The number of ether oxygens (including phenoxy) is 1. The molecule has 1 aromatic heterocycles. The Kier molecular flexibility index (Phi) is 4.71. The number of aryl methyl sites for hydroxylation is 1. The Balaban J connectivity index is 1.30. The number of benzene rings is 3. The molecule has 0 unspecified atom stereocenters. The van der Waals surface area contributed by atoms with E-state index in [-0.39, 0.29) is 18.9 Å². The summed E-state index contributed by atoms with van der Waals surface area (Å²) in [6.07, 6.45) is 3.53. The number of carbonyl (C=O) groups excluding carboxylic acids is 2. The fourth-order valence-electron chi connectivity index (χ4n) is 4.22. The summed E-state index contributed by atoms with van der Waals surface area (Å²) in [5.41, 5.74) is 3.57. The van der Waals surface area contributed by atoms with Crippen molar-refractivity contribution in [2.75, 3.05) is 18.1 Å². The summed E-state index contributed by atoms with van der Waals surface area (Å²) in [6.45, 7) is 0.384. The molecule has 0 saturated carbocycles. The Bertz CT molecular complexity index is 1260. The van der Waals surface area contributed by atoms with Gasteiger partial charge in [-0.15, -0.1) is 0 Å². The molecule has 0 saturated heterocycles. The summed E-state index contributed by atoms with van der Waals surface area (Å²) in [5.74, 6) is -0.637. The molecular formula is C25H21NO4. The molecule has 0 radical (unpaired) electrons. The summed E-state index contributed by atoms with van der Waals surface area (Å²) in [6, 6.07) is 19.8. The monoisotopic (exact) mass is 399 g/mol. The lowest BCUT2D eigenvalue weighted by Gasteiger charge is -2.29. The second-order valence-electron chi connectivity index (χ2n) is 7.54. The second-order valence-corrected chi connectivity index (χ2v) is 7.54. The van der Waals surface area contributed by atoms with Crippen molar-refractivity contribution in [2.45, 2.75) is 19.3 Å². The predicted octanol–water partition coefficient (Wildman–Crippen LogP) is 4.65. The summed E-state index contributed by atoms with van der Waals surface area (Å²) in [4.78, 5) is 26.9. The minimum absolute atomic E-state index is 0.0604. The van der Waals surface area contributed by atoms with E-state index in [2.05, 4.69) is 0 Å². The predicted molar refractivity (Wildman–Crippen MR) is 115 cm³/mol. The number of amides is 1. The minimum atomic E-state index is -0.440. The number of furan rings is 1. The quantitative estimate of drug-likeness (QED) is 0.469. The average molecular weight is 399 g/mol. The summed E-state index contributed by atoms with van der Waals surface area (Å²) in [5, 5.41) is 3.04. The van der Waals surface area contributed by atoms with E-state index in [0.29, 0.717) is 6.54 Å². The Morgan fingerprint density at radius 2 is 1.83 bits per heavy atom. The molecule has 3 aromatic carbocycles. The van der Waals surface area contributed by atoms with E-state index in [9.17, 15) is 9.59 Å². The summed E-state index contributed by atoms with van der Waals surface area (Å²) >= 11 is 0. The minimum Gasteiger partial charge on any atom is -0.464 e.